The summed E-state index contributed by atoms with van der Waals surface area (Å²) in [6.07, 6.45) is -4.53. The van der Waals surface area contributed by atoms with Crippen molar-refractivity contribution >= 4 is 59.0 Å². The summed E-state index contributed by atoms with van der Waals surface area (Å²) in [5.74, 6) is -0.687. The third kappa shape index (κ3) is 6.61. The van der Waals surface area contributed by atoms with E-state index in [1.165, 1.54) is 17.8 Å². The Labute approximate surface area is 269 Å². The molecule has 0 unspecified atom stereocenters. The summed E-state index contributed by atoms with van der Waals surface area (Å²) < 4.78 is 54.6. The zero-order valence-electron chi connectivity index (χ0n) is 25.8. The molecule has 2 aromatic carbocycles. The van der Waals surface area contributed by atoms with Crippen molar-refractivity contribution in [2.45, 2.75) is 57.0 Å². The van der Waals surface area contributed by atoms with E-state index in [-0.39, 0.29) is 17.3 Å². The van der Waals surface area contributed by atoms with Gasteiger partial charge in [0.25, 0.3) is 0 Å². The predicted octanol–water partition coefficient (Wildman–Crippen LogP) is 3.97. The Balaban J connectivity index is 1.46. The van der Waals surface area contributed by atoms with Gasteiger partial charge >= 0.3 is 13.7 Å². The molecule has 1 saturated heterocycles. The Kier molecular flexibility index (Phi) is 9.73. The second-order valence-electron chi connectivity index (χ2n) is 11.4. The van der Waals surface area contributed by atoms with E-state index >= 15 is 4.39 Å². The first-order valence-corrected chi connectivity index (χ1v) is 16.5. The van der Waals surface area contributed by atoms with E-state index in [9.17, 15) is 14.5 Å². The smallest absolute Gasteiger partial charge is 0.459 e. The van der Waals surface area contributed by atoms with Crippen molar-refractivity contribution in [1.82, 2.24) is 24.6 Å². The van der Waals surface area contributed by atoms with Gasteiger partial charge in [-0.05, 0) is 32.2 Å². The number of nitrogens with zero attached hydrogens (tertiary/aromatic N) is 5. The van der Waals surface area contributed by atoms with Crippen LogP contribution in [-0.4, -0.2) is 87.2 Å². The number of rotatable bonds is 12. The van der Waals surface area contributed by atoms with Gasteiger partial charge < -0.3 is 29.7 Å². The van der Waals surface area contributed by atoms with Crippen molar-refractivity contribution < 1.29 is 37.4 Å². The third-order valence-corrected chi connectivity index (χ3v) is 9.38. The number of carbonyl (C=O) groups excluding carboxylic acids is 1. The number of fused-ring (bicyclic) bond motifs is 2. The molecule has 1 aliphatic heterocycles. The number of aliphatic hydroxyl groups is 1. The first-order valence-electron chi connectivity index (χ1n) is 14.4. The number of nitrogens with two attached hydrogens (primary N) is 1. The maximum atomic E-state index is 15.9. The minimum Gasteiger partial charge on any atom is -0.462 e. The van der Waals surface area contributed by atoms with E-state index in [1.807, 2.05) is 18.2 Å². The molecule has 4 aromatic rings. The number of alkyl halides is 2. The van der Waals surface area contributed by atoms with E-state index < -0.39 is 62.5 Å². The number of benzene rings is 2. The zero-order valence-corrected chi connectivity index (χ0v) is 27.5. The molecule has 6 atom stereocenters. The number of nitrogens with one attached hydrogen (secondary N) is 1. The van der Waals surface area contributed by atoms with Crippen molar-refractivity contribution in [2.24, 2.45) is 0 Å². The summed E-state index contributed by atoms with van der Waals surface area (Å²) in [5, 5.41) is 15.2. The van der Waals surface area contributed by atoms with Gasteiger partial charge in [0, 0.05) is 19.5 Å². The molecule has 14 nitrogen and oxygen atoms in total. The van der Waals surface area contributed by atoms with Crippen LogP contribution < -0.4 is 20.2 Å². The second-order valence-corrected chi connectivity index (χ2v) is 13.4. The van der Waals surface area contributed by atoms with Gasteiger partial charge in [0.1, 0.15) is 23.5 Å². The molecule has 46 heavy (non-hydrogen) atoms. The van der Waals surface area contributed by atoms with Crippen molar-refractivity contribution in [3.8, 4) is 5.75 Å². The molecule has 5 rings (SSSR count). The SMILES string of the molecule is CC(C)OC(=O)[C@@H](C)N[P@](=O)(OC[C@@]1(CCl)O[C@@H](n2cnc3c(N(C)C)nc(N)nc32)[C@H](F)[C@@H]1O)Oc1cccc2ccccc12. The summed E-state index contributed by atoms with van der Waals surface area (Å²) in [6, 6.07) is 11.2. The molecule has 0 saturated carbocycles. The Bertz CT molecular complexity index is 1770. The number of anilines is 2. The summed E-state index contributed by atoms with van der Waals surface area (Å²) in [4.78, 5) is 27.0. The number of aliphatic hydroxyl groups excluding tert-OH is 1. The zero-order chi connectivity index (χ0) is 33.4. The van der Waals surface area contributed by atoms with E-state index in [0.717, 1.165) is 5.39 Å². The van der Waals surface area contributed by atoms with Crippen LogP contribution in [0, 0.1) is 0 Å². The van der Waals surface area contributed by atoms with Gasteiger partial charge in [0.05, 0.1) is 24.9 Å². The molecule has 0 aliphatic carbocycles. The molecule has 2 aromatic heterocycles. The Morgan fingerprint density at radius 1 is 1.24 bits per heavy atom. The first kappa shape index (κ1) is 33.8. The molecule has 0 spiro atoms. The highest BCUT2D eigenvalue weighted by Gasteiger charge is 2.57. The molecule has 0 bridgehead atoms. The van der Waals surface area contributed by atoms with E-state index in [4.69, 9.17) is 35.9 Å². The molecule has 0 amide bonds. The Morgan fingerprint density at radius 2 is 1.96 bits per heavy atom. The van der Waals surface area contributed by atoms with E-state index in [1.54, 1.807) is 57.1 Å². The van der Waals surface area contributed by atoms with Gasteiger partial charge in [-0.2, -0.15) is 15.1 Å². The number of nitrogen functional groups attached to an aromatic ring is 1. The standard InChI is InChI=1S/C29H36ClFN7O7P/c1-16(2)43-27(40)17(3)36-46(41,45-20-12-8-10-18-9-6-7-11-19(18)20)42-14-29(13-30)23(39)21(31)26(44-29)38-15-33-22-24(37(4)5)34-28(32)35-25(22)38/h6-12,15-17,21,23,26,39H,13-14H2,1-5H3,(H,36,41)(H2,32,34,35)/t17-,21-,23+,26-,29-,46+/m1/s1. The van der Waals surface area contributed by atoms with Gasteiger partial charge in [0.15, 0.2) is 29.4 Å². The van der Waals surface area contributed by atoms with Crippen molar-refractivity contribution in [1.29, 1.82) is 0 Å². The molecular formula is C29H36ClFN7O7P. The largest absolute Gasteiger partial charge is 0.462 e. The highest BCUT2D eigenvalue weighted by Crippen LogP contribution is 2.50. The van der Waals surface area contributed by atoms with E-state index in [0.29, 0.717) is 16.7 Å². The highest BCUT2D eigenvalue weighted by atomic mass is 35.5. The third-order valence-electron chi connectivity index (χ3n) is 7.32. The lowest BCUT2D eigenvalue weighted by atomic mass is 9.99. The maximum absolute atomic E-state index is 15.9. The lowest BCUT2D eigenvalue weighted by Gasteiger charge is -2.31. The number of hydrogen-bond donors (Lipinski definition) is 3. The lowest BCUT2D eigenvalue weighted by Crippen LogP contribution is -2.48. The Morgan fingerprint density at radius 3 is 2.65 bits per heavy atom. The van der Waals surface area contributed by atoms with Gasteiger partial charge in [0.2, 0.25) is 5.95 Å². The van der Waals surface area contributed by atoms with Gasteiger partial charge in [-0.3, -0.25) is 13.9 Å². The van der Waals surface area contributed by atoms with Crippen LogP contribution in [0.15, 0.2) is 48.8 Å². The molecule has 1 fully saturated rings. The minimum absolute atomic E-state index is 0.0819. The number of esters is 1. The maximum Gasteiger partial charge on any atom is 0.459 e. The fraction of sp³-hybridized carbons (Fsp3) is 0.448. The molecule has 3 heterocycles. The van der Waals surface area contributed by atoms with Crippen molar-refractivity contribution in [2.75, 3.05) is 37.2 Å². The van der Waals surface area contributed by atoms with Crippen LogP contribution in [0.3, 0.4) is 0 Å². The van der Waals surface area contributed by atoms with E-state index in [2.05, 4.69) is 20.0 Å². The summed E-state index contributed by atoms with van der Waals surface area (Å²) in [7, 11) is -1.01. The fourth-order valence-corrected chi connectivity index (χ4v) is 6.89. The topological polar surface area (TPSA) is 176 Å². The summed E-state index contributed by atoms with van der Waals surface area (Å²) in [5.41, 5.74) is 4.47. The van der Waals surface area contributed by atoms with Crippen LogP contribution in [0.25, 0.3) is 21.9 Å². The van der Waals surface area contributed by atoms with Crippen LogP contribution in [0.5, 0.6) is 5.75 Å². The minimum atomic E-state index is -4.48. The Hall–Kier alpha value is -3.59. The number of halogens is 2. The van der Waals surface area contributed by atoms with Gasteiger partial charge in [-0.1, -0.05) is 36.4 Å². The molecular weight excluding hydrogens is 644 g/mol. The average Bonchev–Trinajstić information content (AvgIpc) is 3.53. The molecule has 17 heteroatoms. The number of hydrogen-bond acceptors (Lipinski definition) is 12. The first-order chi connectivity index (χ1) is 21.8. The quantitative estimate of drug-likeness (QED) is 0.112. The summed E-state index contributed by atoms with van der Waals surface area (Å²) in [6.45, 7) is 4.07. The van der Waals surface area contributed by atoms with Gasteiger partial charge in [-0.15, -0.1) is 11.6 Å². The highest BCUT2D eigenvalue weighted by molar-refractivity contribution is 7.52. The van der Waals surface area contributed by atoms with Crippen LogP contribution in [0.4, 0.5) is 16.2 Å². The normalized spacial score (nSPS) is 23.5. The molecule has 0 radical (unpaired) electrons. The second kappa shape index (κ2) is 13.3. The average molecular weight is 680 g/mol. The van der Waals surface area contributed by atoms with Crippen LogP contribution in [0.2, 0.25) is 0 Å². The molecule has 1 aliphatic rings. The number of ether oxygens (including phenoxy) is 2. The fourth-order valence-electron chi connectivity index (χ4n) is 5.03. The number of aromatic nitrogens is 4. The predicted molar refractivity (Wildman–Crippen MR) is 170 cm³/mol. The van der Waals surface area contributed by atoms with Crippen LogP contribution in [0.1, 0.15) is 27.0 Å². The van der Waals surface area contributed by atoms with Crippen molar-refractivity contribution in [3.63, 3.8) is 0 Å². The number of carbonyl (C=O) groups is 1. The van der Waals surface area contributed by atoms with Crippen LogP contribution in [-0.2, 0) is 23.4 Å². The molecule has 248 valence electrons. The summed E-state index contributed by atoms with van der Waals surface area (Å²) >= 11 is 6.31. The van der Waals surface area contributed by atoms with Crippen LogP contribution >= 0.6 is 19.3 Å². The van der Waals surface area contributed by atoms with Crippen molar-refractivity contribution in [3.05, 3.63) is 48.8 Å². The monoisotopic (exact) mass is 679 g/mol. The van der Waals surface area contributed by atoms with Gasteiger partial charge in [-0.25, -0.2) is 13.9 Å². The molecule has 4 N–H and O–H groups in total. The lowest BCUT2D eigenvalue weighted by molar-refractivity contribution is -0.149. The number of imidazole rings is 1.